The molecule has 0 spiro atoms. The summed E-state index contributed by atoms with van der Waals surface area (Å²) >= 11 is 5.79. The van der Waals surface area contributed by atoms with Crippen molar-refractivity contribution in [2.75, 3.05) is 6.54 Å². The van der Waals surface area contributed by atoms with Gasteiger partial charge in [-0.15, -0.1) is 0 Å². The highest BCUT2D eigenvalue weighted by Crippen LogP contribution is 2.26. The van der Waals surface area contributed by atoms with Crippen molar-refractivity contribution in [3.8, 4) is 0 Å². The molecular weight excluding hydrogens is 252 g/mol. The average Bonchev–Trinajstić information content (AvgIpc) is 2.31. The third-order valence-corrected chi connectivity index (χ3v) is 3.40. The number of rotatable bonds is 6. The molecule has 0 aliphatic heterocycles. The van der Waals surface area contributed by atoms with Gasteiger partial charge in [-0.1, -0.05) is 31.5 Å². The monoisotopic (exact) mass is 270 g/mol. The molecule has 1 aromatic rings. The molecule has 0 radical (unpaired) electrons. The fourth-order valence-electron chi connectivity index (χ4n) is 1.93. The maximum absolute atomic E-state index is 11.0. The summed E-state index contributed by atoms with van der Waals surface area (Å²) in [7, 11) is 0. The molecule has 100 valence electrons. The molecule has 0 aliphatic rings. The predicted molar refractivity (Wildman–Crippen MR) is 74.1 cm³/mol. The van der Waals surface area contributed by atoms with E-state index in [4.69, 9.17) is 11.6 Å². The van der Waals surface area contributed by atoms with E-state index in [0.717, 1.165) is 12.1 Å². The Bertz CT molecular complexity index is 423. The number of nitro groups is 1. The van der Waals surface area contributed by atoms with Crippen LogP contribution in [0.1, 0.15) is 26.3 Å². The number of nitro benzene ring substituents is 1. The second-order valence-corrected chi connectivity index (χ2v) is 4.99. The van der Waals surface area contributed by atoms with Crippen LogP contribution in [0.25, 0.3) is 0 Å². The zero-order valence-electron chi connectivity index (χ0n) is 10.9. The topological polar surface area (TPSA) is 55.2 Å². The van der Waals surface area contributed by atoms with Crippen LogP contribution in [0.3, 0.4) is 0 Å². The normalized spacial score (nSPS) is 14.2. The molecule has 2 unspecified atom stereocenters. The van der Waals surface area contributed by atoms with Gasteiger partial charge in [-0.2, -0.15) is 0 Å². The van der Waals surface area contributed by atoms with E-state index in [9.17, 15) is 10.1 Å². The van der Waals surface area contributed by atoms with E-state index in [1.165, 1.54) is 6.07 Å². The maximum atomic E-state index is 11.0. The smallest absolute Gasteiger partial charge is 0.274 e. The lowest BCUT2D eigenvalue weighted by molar-refractivity contribution is -0.385. The quantitative estimate of drug-likeness (QED) is 0.636. The highest BCUT2D eigenvalue weighted by atomic mass is 35.5. The third-order valence-electron chi connectivity index (χ3n) is 3.17. The van der Waals surface area contributed by atoms with Crippen LogP contribution in [0, 0.1) is 16.0 Å². The molecule has 0 saturated heterocycles. The van der Waals surface area contributed by atoms with E-state index in [1.54, 1.807) is 12.1 Å². The van der Waals surface area contributed by atoms with E-state index >= 15 is 0 Å². The van der Waals surface area contributed by atoms with Crippen LogP contribution in [0.5, 0.6) is 0 Å². The van der Waals surface area contributed by atoms with E-state index in [-0.39, 0.29) is 10.6 Å². The van der Waals surface area contributed by atoms with Crippen molar-refractivity contribution < 1.29 is 4.92 Å². The molecule has 0 saturated carbocycles. The van der Waals surface area contributed by atoms with E-state index in [1.807, 2.05) is 6.92 Å². The fraction of sp³-hybridized carbons (Fsp3) is 0.538. The van der Waals surface area contributed by atoms with Gasteiger partial charge in [0, 0.05) is 22.7 Å². The molecule has 1 aromatic carbocycles. The standard InChI is InChI=1S/C13H19ClN2O2/c1-4-15-10(3)9(2)7-11-5-6-12(14)8-13(11)16(17)18/h5-6,8-10,15H,4,7H2,1-3H3. The van der Waals surface area contributed by atoms with Crippen molar-refractivity contribution in [1.29, 1.82) is 0 Å². The lowest BCUT2D eigenvalue weighted by atomic mass is 9.94. The van der Waals surface area contributed by atoms with Crippen LogP contribution < -0.4 is 5.32 Å². The minimum atomic E-state index is -0.369. The van der Waals surface area contributed by atoms with Crippen LogP contribution in [0.15, 0.2) is 18.2 Å². The second-order valence-electron chi connectivity index (χ2n) is 4.56. The van der Waals surface area contributed by atoms with Crippen LogP contribution in [-0.2, 0) is 6.42 Å². The number of halogens is 1. The molecule has 0 aromatic heterocycles. The van der Waals surface area contributed by atoms with Gasteiger partial charge < -0.3 is 5.32 Å². The summed E-state index contributed by atoms with van der Waals surface area (Å²) in [5, 5.41) is 14.7. The Kier molecular flexibility index (Phi) is 5.56. The van der Waals surface area contributed by atoms with Crippen molar-refractivity contribution in [2.24, 2.45) is 5.92 Å². The van der Waals surface area contributed by atoms with Gasteiger partial charge in [0.2, 0.25) is 0 Å². The number of benzene rings is 1. The molecule has 0 heterocycles. The molecule has 0 fully saturated rings. The first-order chi connectivity index (χ1) is 8.45. The minimum Gasteiger partial charge on any atom is -0.314 e. The van der Waals surface area contributed by atoms with Crippen LogP contribution >= 0.6 is 11.6 Å². The van der Waals surface area contributed by atoms with Crippen LogP contribution in [0.2, 0.25) is 5.02 Å². The predicted octanol–water partition coefficient (Wildman–Crippen LogP) is 3.42. The van der Waals surface area contributed by atoms with Gasteiger partial charge in [0.25, 0.3) is 5.69 Å². The first kappa shape index (κ1) is 14.9. The molecule has 2 atom stereocenters. The van der Waals surface area contributed by atoms with Gasteiger partial charge in [0.15, 0.2) is 0 Å². The molecule has 0 aliphatic carbocycles. The Morgan fingerprint density at radius 1 is 1.44 bits per heavy atom. The summed E-state index contributed by atoms with van der Waals surface area (Å²) in [6.45, 7) is 7.13. The molecule has 1 rings (SSSR count). The van der Waals surface area contributed by atoms with E-state index in [2.05, 4.69) is 19.2 Å². The summed E-state index contributed by atoms with van der Waals surface area (Å²) in [4.78, 5) is 10.6. The largest absolute Gasteiger partial charge is 0.314 e. The molecule has 5 heteroatoms. The van der Waals surface area contributed by atoms with Crippen molar-refractivity contribution in [2.45, 2.75) is 33.2 Å². The lowest BCUT2D eigenvalue weighted by Crippen LogP contribution is -2.32. The number of nitrogens with zero attached hydrogens (tertiary/aromatic N) is 1. The summed E-state index contributed by atoms with van der Waals surface area (Å²) in [5.74, 6) is 0.324. The summed E-state index contributed by atoms with van der Waals surface area (Å²) in [5.41, 5.74) is 0.847. The van der Waals surface area contributed by atoms with Gasteiger partial charge in [-0.3, -0.25) is 10.1 Å². The van der Waals surface area contributed by atoms with E-state index in [0.29, 0.717) is 23.4 Å². The zero-order chi connectivity index (χ0) is 13.7. The summed E-state index contributed by atoms with van der Waals surface area (Å²) in [6.07, 6.45) is 0.668. The molecular formula is C13H19ClN2O2. The molecule has 4 nitrogen and oxygen atoms in total. The van der Waals surface area contributed by atoms with Crippen molar-refractivity contribution in [3.05, 3.63) is 38.9 Å². The Morgan fingerprint density at radius 2 is 2.11 bits per heavy atom. The fourth-order valence-corrected chi connectivity index (χ4v) is 2.09. The third kappa shape index (κ3) is 3.96. The maximum Gasteiger partial charge on any atom is 0.274 e. The van der Waals surface area contributed by atoms with Gasteiger partial charge in [-0.05, 0) is 31.9 Å². The molecule has 1 N–H and O–H groups in total. The summed E-state index contributed by atoms with van der Waals surface area (Å²) in [6, 6.07) is 5.19. The lowest BCUT2D eigenvalue weighted by Gasteiger charge is -2.20. The first-order valence-corrected chi connectivity index (χ1v) is 6.49. The van der Waals surface area contributed by atoms with Gasteiger partial charge in [-0.25, -0.2) is 0 Å². The van der Waals surface area contributed by atoms with Gasteiger partial charge >= 0.3 is 0 Å². The Balaban J connectivity index is 2.87. The Morgan fingerprint density at radius 3 is 2.67 bits per heavy atom. The summed E-state index contributed by atoms with van der Waals surface area (Å²) < 4.78 is 0. The molecule has 0 bridgehead atoms. The van der Waals surface area contributed by atoms with Gasteiger partial charge in [0.1, 0.15) is 0 Å². The van der Waals surface area contributed by atoms with Crippen molar-refractivity contribution in [1.82, 2.24) is 5.32 Å². The molecule has 18 heavy (non-hydrogen) atoms. The van der Waals surface area contributed by atoms with Crippen molar-refractivity contribution >= 4 is 17.3 Å². The van der Waals surface area contributed by atoms with Crippen LogP contribution in [0.4, 0.5) is 5.69 Å². The highest BCUT2D eigenvalue weighted by molar-refractivity contribution is 6.30. The number of hydrogen-bond acceptors (Lipinski definition) is 3. The number of hydrogen-bond donors (Lipinski definition) is 1. The number of nitrogens with one attached hydrogen (secondary N) is 1. The highest BCUT2D eigenvalue weighted by Gasteiger charge is 2.19. The van der Waals surface area contributed by atoms with Crippen LogP contribution in [-0.4, -0.2) is 17.5 Å². The Hall–Kier alpha value is -1.13. The Labute approximate surface area is 112 Å². The van der Waals surface area contributed by atoms with Gasteiger partial charge in [0.05, 0.1) is 4.92 Å². The SMILES string of the molecule is CCNC(C)C(C)Cc1ccc(Cl)cc1[N+](=O)[O-]. The molecule has 0 amide bonds. The van der Waals surface area contributed by atoms with Crippen molar-refractivity contribution in [3.63, 3.8) is 0 Å². The second kappa shape index (κ2) is 6.71. The first-order valence-electron chi connectivity index (χ1n) is 6.11. The zero-order valence-corrected chi connectivity index (χ0v) is 11.7. The van der Waals surface area contributed by atoms with E-state index < -0.39 is 0 Å². The average molecular weight is 271 g/mol. The minimum absolute atomic E-state index is 0.109.